The molecule has 7 aromatic rings. The van der Waals surface area contributed by atoms with Crippen molar-refractivity contribution in [2.45, 2.75) is 54.3 Å². The lowest BCUT2D eigenvalue weighted by Crippen LogP contribution is -2.07. The maximum Gasteiger partial charge on any atom is 0.205 e. The summed E-state index contributed by atoms with van der Waals surface area (Å²) >= 11 is 3.43. The number of benzene rings is 4. The molecule has 0 fully saturated rings. The number of rotatable bonds is 13. The molecule has 0 bridgehead atoms. The van der Waals surface area contributed by atoms with Gasteiger partial charge in [-0.25, -0.2) is 4.98 Å². The summed E-state index contributed by atoms with van der Waals surface area (Å²) in [7, 11) is 0. The molecule has 0 saturated heterocycles. The first-order chi connectivity index (χ1) is 23.3. The van der Waals surface area contributed by atoms with Crippen molar-refractivity contribution in [1.29, 1.82) is 0 Å². The number of unbranched alkanes of at least 4 members (excludes halogenated alkanes) is 1. The quantitative estimate of drug-likeness (QED) is 0.123. The molecule has 0 aliphatic rings. The molecule has 3 heterocycles. The molecule has 7 rings (SSSR count). The van der Waals surface area contributed by atoms with Gasteiger partial charge in [-0.15, -0.1) is 20.4 Å². The van der Waals surface area contributed by atoms with Crippen molar-refractivity contribution in [3.63, 3.8) is 0 Å². The predicted molar refractivity (Wildman–Crippen MR) is 190 cm³/mol. The lowest BCUT2D eigenvalue weighted by Gasteiger charge is -2.13. The van der Waals surface area contributed by atoms with Gasteiger partial charge in [-0.1, -0.05) is 146 Å². The minimum absolute atomic E-state index is 0.581. The van der Waals surface area contributed by atoms with Crippen LogP contribution in [-0.4, -0.2) is 40.4 Å². The minimum atomic E-state index is 0.581. The summed E-state index contributed by atoms with van der Waals surface area (Å²) in [6.45, 7) is 2.92. The third-order valence-electron chi connectivity index (χ3n) is 7.99. The van der Waals surface area contributed by atoms with Gasteiger partial charge in [0.15, 0.2) is 0 Å². The molecule has 1 N–H and O–H groups in total. The zero-order valence-electron chi connectivity index (χ0n) is 26.1. The maximum absolute atomic E-state index is 5.28. The fourth-order valence-electron chi connectivity index (χ4n) is 5.57. The van der Waals surface area contributed by atoms with Crippen LogP contribution in [0.25, 0.3) is 33.5 Å². The number of tetrazole rings is 1. The average molecular weight is 655 g/mol. The molecule has 234 valence electrons. The van der Waals surface area contributed by atoms with Crippen LogP contribution in [0.3, 0.4) is 0 Å². The summed E-state index contributed by atoms with van der Waals surface area (Å²) < 4.78 is 2.38. The first-order valence-electron chi connectivity index (χ1n) is 15.8. The van der Waals surface area contributed by atoms with Gasteiger partial charge < -0.3 is 4.57 Å². The van der Waals surface area contributed by atoms with Crippen molar-refractivity contribution in [3.05, 3.63) is 132 Å². The zero-order chi connectivity index (χ0) is 31.8. The molecule has 10 heteroatoms. The van der Waals surface area contributed by atoms with E-state index in [1.54, 1.807) is 23.5 Å². The third-order valence-corrected chi connectivity index (χ3v) is 10.0. The topological polar surface area (TPSA) is 98.1 Å². The van der Waals surface area contributed by atoms with Crippen molar-refractivity contribution in [2.75, 3.05) is 0 Å². The molecule has 0 spiro atoms. The maximum atomic E-state index is 5.28. The summed E-state index contributed by atoms with van der Waals surface area (Å²) in [5.74, 6) is 3.28. The Kier molecular flexibility index (Phi) is 9.67. The van der Waals surface area contributed by atoms with Crippen LogP contribution in [0.4, 0.5) is 0 Å². The fourth-order valence-corrected chi connectivity index (χ4v) is 7.38. The van der Waals surface area contributed by atoms with Crippen molar-refractivity contribution in [2.24, 2.45) is 0 Å². The summed E-state index contributed by atoms with van der Waals surface area (Å²) in [4.78, 5) is 5.28. The highest BCUT2D eigenvalue weighted by Gasteiger charge is 2.21. The van der Waals surface area contributed by atoms with E-state index in [2.05, 4.69) is 117 Å². The lowest BCUT2D eigenvalue weighted by atomic mass is 9.98. The number of thioether (sulfide) groups is 2. The molecule has 0 aliphatic heterocycles. The number of aryl methyl sites for hydroxylation is 1. The Bertz CT molecular complexity index is 2040. The number of aromatic nitrogens is 8. The largest absolute Gasteiger partial charge is 0.321 e. The zero-order valence-corrected chi connectivity index (χ0v) is 27.7. The van der Waals surface area contributed by atoms with E-state index in [0.717, 1.165) is 74.4 Å². The molecular weight excluding hydrogens is 621 g/mol. The highest BCUT2D eigenvalue weighted by Crippen LogP contribution is 2.36. The van der Waals surface area contributed by atoms with E-state index < -0.39 is 0 Å². The number of hydrogen-bond donors (Lipinski definition) is 1. The van der Waals surface area contributed by atoms with E-state index in [1.165, 1.54) is 16.7 Å². The second-order valence-electron chi connectivity index (χ2n) is 11.3. The van der Waals surface area contributed by atoms with Gasteiger partial charge >= 0.3 is 0 Å². The van der Waals surface area contributed by atoms with Gasteiger partial charge in [0.05, 0.1) is 0 Å². The monoisotopic (exact) mass is 654 g/mol. The van der Waals surface area contributed by atoms with Gasteiger partial charge in [-0.05, 0) is 39.5 Å². The van der Waals surface area contributed by atoms with Gasteiger partial charge in [0, 0.05) is 30.0 Å². The molecule has 0 aliphatic carbocycles. The number of nitrogens with zero attached hydrogens (tertiary/aromatic N) is 7. The normalized spacial score (nSPS) is 11.3. The summed E-state index contributed by atoms with van der Waals surface area (Å²) in [5.41, 5.74) is 8.80. The smallest absolute Gasteiger partial charge is 0.205 e. The molecule has 0 saturated carbocycles. The van der Waals surface area contributed by atoms with Crippen molar-refractivity contribution < 1.29 is 0 Å². The van der Waals surface area contributed by atoms with Crippen molar-refractivity contribution in [1.82, 2.24) is 40.4 Å². The number of imidazole rings is 1. The molecule has 47 heavy (non-hydrogen) atoms. The Morgan fingerprint density at radius 2 is 1.30 bits per heavy atom. The van der Waals surface area contributed by atoms with Crippen LogP contribution in [0.2, 0.25) is 0 Å². The van der Waals surface area contributed by atoms with Crippen molar-refractivity contribution >= 4 is 34.6 Å². The van der Waals surface area contributed by atoms with E-state index in [9.17, 15) is 0 Å². The molecular formula is C37H34N8S2. The summed E-state index contributed by atoms with van der Waals surface area (Å²) in [6.07, 6.45) is 3.06. The molecule has 4 aromatic carbocycles. The van der Waals surface area contributed by atoms with E-state index in [-0.39, 0.29) is 0 Å². The van der Waals surface area contributed by atoms with E-state index in [1.807, 2.05) is 24.3 Å². The Hall–Kier alpha value is -4.80. The standard InChI is InChI=1S/C37H34N8S2/c1-2-3-18-32-38-33-34(37(47-25-28-14-8-5-9-15-28)42-41-36(33)46-24-27-12-6-4-7-13-27)45(32)23-26-19-21-29(22-20-26)30-16-10-11-17-31(30)35-39-43-44-40-35/h4-17,19-22H,2-3,18,23-25H2,1H3,(H,39,40,43,44). The summed E-state index contributed by atoms with van der Waals surface area (Å²) in [5, 5.41) is 26.1. The predicted octanol–water partition coefficient (Wildman–Crippen LogP) is 8.65. The van der Waals surface area contributed by atoms with Crippen LogP contribution in [0, 0.1) is 0 Å². The van der Waals surface area contributed by atoms with Gasteiger partial charge in [0.25, 0.3) is 0 Å². The number of hydrogen-bond acceptors (Lipinski definition) is 8. The molecule has 0 unspecified atom stereocenters. The van der Waals surface area contributed by atoms with Crippen LogP contribution >= 0.6 is 23.5 Å². The molecule has 0 atom stereocenters. The first kappa shape index (κ1) is 30.8. The van der Waals surface area contributed by atoms with Crippen LogP contribution in [0.1, 0.15) is 42.3 Å². The van der Waals surface area contributed by atoms with E-state index >= 15 is 0 Å². The number of H-pyrrole nitrogens is 1. The van der Waals surface area contributed by atoms with Crippen LogP contribution in [-0.2, 0) is 24.5 Å². The second-order valence-corrected chi connectivity index (χ2v) is 13.2. The molecule has 3 aromatic heterocycles. The molecule has 0 radical (unpaired) electrons. The Labute approximate surface area is 282 Å². The van der Waals surface area contributed by atoms with Gasteiger partial charge in [-0.2, -0.15) is 5.21 Å². The Morgan fingerprint density at radius 3 is 1.96 bits per heavy atom. The molecule has 0 amide bonds. The fraction of sp³-hybridized carbons (Fsp3) is 0.189. The second kappa shape index (κ2) is 14.7. The SMILES string of the molecule is CCCCc1nc2c(SCc3ccccc3)nnc(SCc3ccccc3)c2n1Cc1ccc(-c2ccccc2-c2nn[nH]n2)cc1. The Balaban J connectivity index is 1.26. The Morgan fingerprint density at radius 1 is 0.660 bits per heavy atom. The average Bonchev–Trinajstić information content (AvgIpc) is 3.80. The molecule has 8 nitrogen and oxygen atoms in total. The number of aromatic amines is 1. The van der Waals surface area contributed by atoms with E-state index in [0.29, 0.717) is 12.4 Å². The van der Waals surface area contributed by atoms with Gasteiger partial charge in [0.1, 0.15) is 26.9 Å². The highest BCUT2D eigenvalue weighted by molar-refractivity contribution is 7.99. The number of fused-ring (bicyclic) bond motifs is 1. The number of nitrogens with one attached hydrogen (secondary N) is 1. The lowest BCUT2D eigenvalue weighted by molar-refractivity contribution is 0.686. The first-order valence-corrected chi connectivity index (χ1v) is 17.8. The minimum Gasteiger partial charge on any atom is -0.321 e. The van der Waals surface area contributed by atoms with Crippen LogP contribution in [0.5, 0.6) is 0 Å². The summed E-state index contributed by atoms with van der Waals surface area (Å²) in [6, 6.07) is 37.9. The van der Waals surface area contributed by atoms with Gasteiger partial charge in [0.2, 0.25) is 5.82 Å². The van der Waals surface area contributed by atoms with Crippen LogP contribution in [0.15, 0.2) is 119 Å². The van der Waals surface area contributed by atoms with Gasteiger partial charge in [-0.3, -0.25) is 0 Å². The van der Waals surface area contributed by atoms with Crippen LogP contribution < -0.4 is 0 Å². The third kappa shape index (κ3) is 7.13. The van der Waals surface area contributed by atoms with E-state index in [4.69, 9.17) is 15.2 Å². The van der Waals surface area contributed by atoms with Crippen molar-refractivity contribution in [3.8, 4) is 22.5 Å². The highest BCUT2D eigenvalue weighted by atomic mass is 32.2.